The Morgan fingerprint density at radius 3 is 2.09 bits per heavy atom. The van der Waals surface area contributed by atoms with Gasteiger partial charge in [-0.25, -0.2) is 0 Å². The maximum atomic E-state index is 11.2. The van der Waals surface area contributed by atoms with E-state index in [0.29, 0.717) is 6.61 Å². The molecule has 0 aliphatic rings. The average Bonchev–Trinajstić information content (AvgIpc) is 2.53. The summed E-state index contributed by atoms with van der Waals surface area (Å²) in [5.41, 5.74) is 0.757. The highest BCUT2D eigenvalue weighted by Gasteiger charge is 2.03. The Labute approximate surface area is 141 Å². The first-order valence-electron chi connectivity index (χ1n) is 9.23. The van der Waals surface area contributed by atoms with E-state index in [-0.39, 0.29) is 5.91 Å². The van der Waals surface area contributed by atoms with Gasteiger partial charge in [-0.2, -0.15) is 0 Å². The minimum atomic E-state index is -0.0695. The van der Waals surface area contributed by atoms with Crippen LogP contribution in [0.15, 0.2) is 24.3 Å². The van der Waals surface area contributed by atoms with Gasteiger partial charge in [0.15, 0.2) is 0 Å². The third-order valence-electron chi connectivity index (χ3n) is 3.95. The van der Waals surface area contributed by atoms with Crippen LogP contribution in [0.25, 0.3) is 0 Å². The number of carbonyl (C=O) groups is 1. The van der Waals surface area contributed by atoms with Crippen molar-refractivity contribution in [1.82, 2.24) is 0 Å². The third-order valence-corrected chi connectivity index (χ3v) is 3.95. The summed E-state index contributed by atoms with van der Waals surface area (Å²) in [5, 5.41) is 2.80. The lowest BCUT2D eigenvalue weighted by Crippen LogP contribution is -2.08. The predicted octanol–water partition coefficient (Wildman–Crippen LogP) is 5.94. The molecular weight excluding hydrogens is 286 g/mol. The first kappa shape index (κ1) is 19.5. The highest BCUT2D eigenvalue weighted by molar-refractivity contribution is 5.90. The number of nitrogens with one attached hydrogen (secondary N) is 1. The Kier molecular flexibility index (Phi) is 11.0. The monoisotopic (exact) mass is 319 g/mol. The van der Waals surface area contributed by atoms with E-state index < -0.39 is 0 Å². The molecule has 0 spiro atoms. The van der Waals surface area contributed by atoms with Crippen molar-refractivity contribution in [2.45, 2.75) is 78.1 Å². The minimum Gasteiger partial charge on any atom is -0.491 e. The molecule has 1 N–H and O–H groups in total. The van der Waals surface area contributed by atoms with Crippen LogP contribution >= 0.6 is 0 Å². The lowest BCUT2D eigenvalue weighted by Gasteiger charge is -2.11. The fourth-order valence-corrected chi connectivity index (χ4v) is 2.66. The molecule has 0 atom stereocenters. The molecule has 0 aliphatic heterocycles. The number of unbranched alkanes of at least 4 members (excludes halogenated alkanes) is 9. The SMILES string of the molecule is CCCCCCCCCCCCOc1ccccc1NC(C)=O. The van der Waals surface area contributed by atoms with Crippen LogP contribution in [0, 0.1) is 0 Å². The number of anilines is 1. The number of amides is 1. The summed E-state index contributed by atoms with van der Waals surface area (Å²) < 4.78 is 5.80. The van der Waals surface area contributed by atoms with E-state index in [1.165, 1.54) is 64.7 Å². The van der Waals surface area contributed by atoms with Crippen molar-refractivity contribution in [3.05, 3.63) is 24.3 Å². The molecule has 0 unspecified atom stereocenters. The molecule has 0 saturated carbocycles. The van der Waals surface area contributed by atoms with Crippen LogP contribution in [0.1, 0.15) is 78.1 Å². The van der Waals surface area contributed by atoms with Crippen molar-refractivity contribution in [2.24, 2.45) is 0 Å². The van der Waals surface area contributed by atoms with Crippen molar-refractivity contribution in [3.63, 3.8) is 0 Å². The highest BCUT2D eigenvalue weighted by atomic mass is 16.5. The molecule has 0 heterocycles. The molecule has 3 nitrogen and oxygen atoms in total. The Bertz CT molecular complexity index is 431. The molecule has 3 heteroatoms. The normalized spacial score (nSPS) is 10.5. The van der Waals surface area contributed by atoms with Gasteiger partial charge in [-0.3, -0.25) is 4.79 Å². The second kappa shape index (κ2) is 13.0. The molecule has 0 bridgehead atoms. The summed E-state index contributed by atoms with van der Waals surface area (Å²) in [4.78, 5) is 11.2. The summed E-state index contributed by atoms with van der Waals surface area (Å²) in [6, 6.07) is 7.61. The molecule has 0 aromatic heterocycles. The van der Waals surface area contributed by atoms with Crippen LogP contribution in [-0.4, -0.2) is 12.5 Å². The van der Waals surface area contributed by atoms with Gasteiger partial charge in [0.1, 0.15) is 5.75 Å². The zero-order valence-corrected chi connectivity index (χ0v) is 14.9. The van der Waals surface area contributed by atoms with Gasteiger partial charge in [0.05, 0.1) is 12.3 Å². The molecule has 0 aliphatic carbocycles. The van der Waals surface area contributed by atoms with Gasteiger partial charge >= 0.3 is 0 Å². The van der Waals surface area contributed by atoms with Gasteiger partial charge in [-0.1, -0.05) is 76.8 Å². The number of rotatable bonds is 13. The van der Waals surface area contributed by atoms with E-state index in [9.17, 15) is 4.79 Å². The minimum absolute atomic E-state index is 0.0695. The zero-order chi connectivity index (χ0) is 16.8. The Hall–Kier alpha value is -1.51. The van der Waals surface area contributed by atoms with Crippen molar-refractivity contribution < 1.29 is 9.53 Å². The summed E-state index contributed by atoms with van der Waals surface area (Å²) in [6.45, 7) is 4.49. The summed E-state index contributed by atoms with van der Waals surface area (Å²) in [6.07, 6.45) is 13.2. The van der Waals surface area contributed by atoms with Crippen LogP contribution in [0.2, 0.25) is 0 Å². The number of para-hydroxylation sites is 2. The van der Waals surface area contributed by atoms with E-state index in [1.807, 2.05) is 24.3 Å². The summed E-state index contributed by atoms with van der Waals surface area (Å²) in [7, 11) is 0. The van der Waals surface area contributed by atoms with Gasteiger partial charge in [0.25, 0.3) is 0 Å². The largest absolute Gasteiger partial charge is 0.491 e. The molecular formula is C20H33NO2. The maximum Gasteiger partial charge on any atom is 0.221 e. The van der Waals surface area contributed by atoms with Crippen LogP contribution in [0.3, 0.4) is 0 Å². The molecule has 130 valence electrons. The molecule has 1 aromatic rings. The predicted molar refractivity (Wildman–Crippen MR) is 98.1 cm³/mol. The van der Waals surface area contributed by atoms with E-state index >= 15 is 0 Å². The quantitative estimate of drug-likeness (QED) is 0.457. The number of carbonyl (C=O) groups excluding carboxylic acids is 1. The van der Waals surface area contributed by atoms with Crippen molar-refractivity contribution >= 4 is 11.6 Å². The molecule has 0 fully saturated rings. The Balaban J connectivity index is 2.04. The van der Waals surface area contributed by atoms with Gasteiger partial charge in [0.2, 0.25) is 5.91 Å². The molecule has 1 aromatic carbocycles. The first-order valence-corrected chi connectivity index (χ1v) is 9.23. The second-order valence-corrected chi connectivity index (χ2v) is 6.21. The maximum absolute atomic E-state index is 11.2. The van der Waals surface area contributed by atoms with Crippen LogP contribution in [0.5, 0.6) is 5.75 Å². The molecule has 0 saturated heterocycles. The van der Waals surface area contributed by atoms with Gasteiger partial charge < -0.3 is 10.1 Å². The molecule has 1 rings (SSSR count). The smallest absolute Gasteiger partial charge is 0.221 e. The van der Waals surface area contributed by atoms with Crippen molar-refractivity contribution in [3.8, 4) is 5.75 Å². The molecule has 23 heavy (non-hydrogen) atoms. The van der Waals surface area contributed by atoms with Crippen LogP contribution in [0.4, 0.5) is 5.69 Å². The van der Waals surface area contributed by atoms with E-state index in [2.05, 4.69) is 12.2 Å². The fourth-order valence-electron chi connectivity index (χ4n) is 2.66. The Morgan fingerprint density at radius 2 is 1.48 bits per heavy atom. The number of ether oxygens (including phenoxy) is 1. The summed E-state index contributed by atoms with van der Waals surface area (Å²) in [5.74, 6) is 0.693. The summed E-state index contributed by atoms with van der Waals surface area (Å²) >= 11 is 0. The molecule has 0 radical (unpaired) electrons. The van der Waals surface area contributed by atoms with E-state index in [1.54, 1.807) is 0 Å². The third kappa shape index (κ3) is 9.98. The lowest BCUT2D eigenvalue weighted by atomic mass is 10.1. The second-order valence-electron chi connectivity index (χ2n) is 6.21. The zero-order valence-electron chi connectivity index (χ0n) is 14.9. The molecule has 1 amide bonds. The number of hydrogen-bond acceptors (Lipinski definition) is 2. The number of hydrogen-bond donors (Lipinski definition) is 1. The van der Waals surface area contributed by atoms with Crippen molar-refractivity contribution in [1.29, 1.82) is 0 Å². The Morgan fingerprint density at radius 1 is 0.913 bits per heavy atom. The van der Waals surface area contributed by atoms with Gasteiger partial charge in [0, 0.05) is 6.92 Å². The lowest BCUT2D eigenvalue weighted by molar-refractivity contribution is -0.114. The van der Waals surface area contributed by atoms with Crippen LogP contribution in [-0.2, 0) is 4.79 Å². The van der Waals surface area contributed by atoms with E-state index in [4.69, 9.17) is 4.74 Å². The topological polar surface area (TPSA) is 38.3 Å². The highest BCUT2D eigenvalue weighted by Crippen LogP contribution is 2.24. The average molecular weight is 319 g/mol. The van der Waals surface area contributed by atoms with E-state index in [0.717, 1.165) is 17.9 Å². The van der Waals surface area contributed by atoms with Gasteiger partial charge in [-0.05, 0) is 18.6 Å². The number of benzene rings is 1. The first-order chi connectivity index (χ1) is 11.2. The van der Waals surface area contributed by atoms with Gasteiger partial charge in [-0.15, -0.1) is 0 Å². The standard InChI is InChI=1S/C20H33NO2/c1-3-4-5-6-7-8-9-10-11-14-17-23-20-16-13-12-15-19(20)21-18(2)22/h12-13,15-16H,3-11,14,17H2,1-2H3,(H,21,22). The fraction of sp³-hybridized carbons (Fsp3) is 0.650. The van der Waals surface area contributed by atoms with Crippen molar-refractivity contribution in [2.75, 3.05) is 11.9 Å². The van der Waals surface area contributed by atoms with Crippen LogP contribution < -0.4 is 10.1 Å².